The van der Waals surface area contributed by atoms with Crippen molar-refractivity contribution < 1.29 is 22.7 Å². The first-order chi connectivity index (χ1) is 8.90. The Labute approximate surface area is 107 Å². The summed E-state index contributed by atoms with van der Waals surface area (Å²) in [6.07, 6.45) is -3.68. The van der Waals surface area contributed by atoms with Gasteiger partial charge in [0.15, 0.2) is 0 Å². The highest BCUT2D eigenvalue weighted by Gasteiger charge is 2.32. The molecule has 0 aliphatic heterocycles. The van der Waals surface area contributed by atoms with Crippen LogP contribution in [0.15, 0.2) is 29.8 Å². The van der Waals surface area contributed by atoms with Gasteiger partial charge in [-0.3, -0.25) is 0 Å². The molecule has 0 saturated carbocycles. The minimum Gasteiger partial charge on any atom is -0.462 e. The summed E-state index contributed by atoms with van der Waals surface area (Å²) >= 11 is 0. The van der Waals surface area contributed by atoms with Gasteiger partial charge >= 0.3 is 12.1 Å². The molecule has 3 nitrogen and oxygen atoms in total. The van der Waals surface area contributed by atoms with E-state index in [0.29, 0.717) is 0 Å². The van der Waals surface area contributed by atoms with E-state index in [1.165, 1.54) is 31.2 Å². The Bertz CT molecular complexity index is 542. The van der Waals surface area contributed by atoms with E-state index in [-0.39, 0.29) is 12.2 Å². The van der Waals surface area contributed by atoms with Gasteiger partial charge in [0.2, 0.25) is 0 Å². The van der Waals surface area contributed by atoms with Gasteiger partial charge in [-0.2, -0.15) is 18.4 Å². The number of nitriles is 1. The van der Waals surface area contributed by atoms with Crippen molar-refractivity contribution in [2.45, 2.75) is 13.1 Å². The van der Waals surface area contributed by atoms with Gasteiger partial charge < -0.3 is 4.74 Å². The van der Waals surface area contributed by atoms with Crippen LogP contribution in [0.25, 0.3) is 6.08 Å². The fraction of sp³-hybridized carbons (Fsp3) is 0.231. The third kappa shape index (κ3) is 3.85. The molecule has 0 spiro atoms. The van der Waals surface area contributed by atoms with Gasteiger partial charge in [-0.25, -0.2) is 4.79 Å². The van der Waals surface area contributed by atoms with E-state index in [4.69, 9.17) is 5.26 Å². The van der Waals surface area contributed by atoms with Gasteiger partial charge in [-0.15, -0.1) is 0 Å². The van der Waals surface area contributed by atoms with Crippen LogP contribution in [-0.2, 0) is 15.7 Å². The number of nitrogens with zero attached hydrogens (tertiary/aromatic N) is 1. The highest BCUT2D eigenvalue weighted by molar-refractivity contribution is 5.98. The fourth-order valence-electron chi connectivity index (χ4n) is 1.38. The standard InChI is InChI=1S/C13H10F3NO2/c1-2-19-12(18)10(8-17)7-9-5-3-4-6-11(9)13(14,15)16/h3-7H,2H2,1H3/b10-7+. The highest BCUT2D eigenvalue weighted by Crippen LogP contribution is 2.32. The molecule has 1 aromatic carbocycles. The predicted octanol–water partition coefficient (Wildman–Crippen LogP) is 3.18. The maximum atomic E-state index is 12.7. The summed E-state index contributed by atoms with van der Waals surface area (Å²) in [5.74, 6) is -0.943. The number of halogens is 3. The third-order valence-electron chi connectivity index (χ3n) is 2.18. The van der Waals surface area contributed by atoms with E-state index in [9.17, 15) is 18.0 Å². The largest absolute Gasteiger partial charge is 0.462 e. The first-order valence-corrected chi connectivity index (χ1v) is 5.35. The van der Waals surface area contributed by atoms with Crippen LogP contribution in [0.3, 0.4) is 0 Å². The Kier molecular flexibility index (Phi) is 4.70. The Morgan fingerprint density at radius 3 is 2.58 bits per heavy atom. The van der Waals surface area contributed by atoms with Crippen molar-refractivity contribution in [3.63, 3.8) is 0 Å². The Hall–Kier alpha value is -2.29. The lowest BCUT2D eigenvalue weighted by Crippen LogP contribution is -2.09. The maximum Gasteiger partial charge on any atom is 0.416 e. The van der Waals surface area contributed by atoms with Crippen LogP contribution >= 0.6 is 0 Å². The molecule has 1 rings (SSSR count). The lowest BCUT2D eigenvalue weighted by atomic mass is 10.0. The molecule has 0 N–H and O–H groups in total. The lowest BCUT2D eigenvalue weighted by molar-refractivity contribution is -0.139. The molecule has 0 heterocycles. The topological polar surface area (TPSA) is 50.1 Å². The molecular formula is C13H10F3NO2. The molecule has 0 fully saturated rings. The summed E-state index contributed by atoms with van der Waals surface area (Å²) in [4.78, 5) is 11.3. The zero-order valence-corrected chi connectivity index (χ0v) is 9.99. The van der Waals surface area contributed by atoms with E-state index in [2.05, 4.69) is 4.74 Å². The first kappa shape index (κ1) is 14.8. The molecule has 1 aromatic rings. The summed E-state index contributed by atoms with van der Waals surface area (Å²) in [5, 5.41) is 8.78. The molecule has 100 valence electrons. The number of carbonyl (C=O) groups is 1. The smallest absolute Gasteiger partial charge is 0.416 e. The normalized spacial score (nSPS) is 11.8. The van der Waals surface area contributed by atoms with Crippen LogP contribution in [0.5, 0.6) is 0 Å². The number of carbonyl (C=O) groups excluding carboxylic acids is 1. The molecule has 0 aromatic heterocycles. The second-order valence-electron chi connectivity index (χ2n) is 3.48. The number of hydrogen-bond donors (Lipinski definition) is 0. The Morgan fingerprint density at radius 1 is 1.42 bits per heavy atom. The molecule has 0 aliphatic carbocycles. The first-order valence-electron chi connectivity index (χ1n) is 5.35. The van der Waals surface area contributed by atoms with Crippen molar-refractivity contribution in [2.75, 3.05) is 6.61 Å². The molecule has 0 radical (unpaired) electrons. The van der Waals surface area contributed by atoms with Crippen LogP contribution in [0.1, 0.15) is 18.1 Å². The van der Waals surface area contributed by atoms with Gasteiger partial charge in [0, 0.05) is 0 Å². The SMILES string of the molecule is CCOC(=O)/C(C#N)=C/c1ccccc1C(F)(F)F. The van der Waals surface area contributed by atoms with E-state index >= 15 is 0 Å². The van der Waals surface area contributed by atoms with Crippen LogP contribution < -0.4 is 0 Å². The average molecular weight is 269 g/mol. The van der Waals surface area contributed by atoms with E-state index < -0.39 is 23.3 Å². The van der Waals surface area contributed by atoms with E-state index in [0.717, 1.165) is 12.1 Å². The van der Waals surface area contributed by atoms with Crippen molar-refractivity contribution >= 4 is 12.0 Å². The monoisotopic (exact) mass is 269 g/mol. The second kappa shape index (κ2) is 6.05. The van der Waals surface area contributed by atoms with Crippen molar-refractivity contribution in [1.29, 1.82) is 5.26 Å². The number of rotatable bonds is 3. The van der Waals surface area contributed by atoms with Crippen LogP contribution in [-0.4, -0.2) is 12.6 Å². The van der Waals surface area contributed by atoms with Gasteiger partial charge in [-0.1, -0.05) is 18.2 Å². The summed E-state index contributed by atoms with van der Waals surface area (Å²) in [6, 6.07) is 6.22. The summed E-state index contributed by atoms with van der Waals surface area (Å²) in [6.45, 7) is 1.58. The molecule has 0 bridgehead atoms. The zero-order valence-electron chi connectivity index (χ0n) is 9.99. The molecule has 0 atom stereocenters. The van der Waals surface area contributed by atoms with Crippen molar-refractivity contribution in [2.24, 2.45) is 0 Å². The van der Waals surface area contributed by atoms with Crippen molar-refractivity contribution in [3.05, 3.63) is 41.0 Å². The number of hydrogen-bond acceptors (Lipinski definition) is 3. The van der Waals surface area contributed by atoms with Crippen molar-refractivity contribution in [3.8, 4) is 6.07 Å². The van der Waals surface area contributed by atoms with E-state index in [1.807, 2.05) is 0 Å². The quantitative estimate of drug-likeness (QED) is 0.481. The van der Waals surface area contributed by atoms with Crippen molar-refractivity contribution in [1.82, 2.24) is 0 Å². The van der Waals surface area contributed by atoms with Gasteiger partial charge in [0.1, 0.15) is 11.6 Å². The second-order valence-corrected chi connectivity index (χ2v) is 3.48. The van der Waals surface area contributed by atoms with Gasteiger partial charge in [0.25, 0.3) is 0 Å². The predicted molar refractivity (Wildman–Crippen MR) is 61.7 cm³/mol. The Morgan fingerprint density at radius 2 is 2.05 bits per heavy atom. The zero-order chi connectivity index (χ0) is 14.5. The summed E-state index contributed by atoms with van der Waals surface area (Å²) < 4.78 is 42.8. The molecular weight excluding hydrogens is 259 g/mol. The molecule has 0 aliphatic rings. The van der Waals surface area contributed by atoms with Crippen LogP contribution in [0.4, 0.5) is 13.2 Å². The van der Waals surface area contributed by atoms with Crippen LogP contribution in [0, 0.1) is 11.3 Å². The third-order valence-corrected chi connectivity index (χ3v) is 2.18. The van der Waals surface area contributed by atoms with Gasteiger partial charge in [-0.05, 0) is 24.6 Å². The van der Waals surface area contributed by atoms with Gasteiger partial charge in [0.05, 0.1) is 12.2 Å². The van der Waals surface area contributed by atoms with E-state index in [1.54, 1.807) is 0 Å². The maximum absolute atomic E-state index is 12.7. The fourth-order valence-corrected chi connectivity index (χ4v) is 1.38. The minimum absolute atomic E-state index is 0.0404. The van der Waals surface area contributed by atoms with Crippen LogP contribution in [0.2, 0.25) is 0 Å². The highest BCUT2D eigenvalue weighted by atomic mass is 19.4. The number of ether oxygens (including phenoxy) is 1. The summed E-state index contributed by atoms with van der Waals surface area (Å²) in [5.41, 5.74) is -1.63. The number of esters is 1. The average Bonchev–Trinajstić information content (AvgIpc) is 2.35. The molecule has 0 amide bonds. The lowest BCUT2D eigenvalue weighted by Gasteiger charge is -2.10. The minimum atomic E-state index is -4.55. The summed E-state index contributed by atoms with van der Waals surface area (Å²) in [7, 11) is 0. The number of benzene rings is 1. The molecule has 0 saturated heterocycles. The molecule has 19 heavy (non-hydrogen) atoms. The molecule has 6 heteroatoms. The molecule has 0 unspecified atom stereocenters. The Balaban J connectivity index is 3.24. The number of alkyl halides is 3.